The Bertz CT molecular complexity index is 3770. The van der Waals surface area contributed by atoms with Crippen LogP contribution in [0.1, 0.15) is 0 Å². The molecule has 0 saturated heterocycles. The summed E-state index contributed by atoms with van der Waals surface area (Å²) in [5, 5.41) is 15.0. The number of aromatic nitrogens is 1. The molecule has 0 aliphatic heterocycles. The van der Waals surface area contributed by atoms with Crippen LogP contribution in [0.15, 0.2) is 192 Å². The fourth-order valence-electron chi connectivity index (χ4n) is 9.64. The molecule has 0 aliphatic carbocycles. The molecular formula is C54H31NOS. The number of hydrogen-bond acceptors (Lipinski definition) is 2. The zero-order valence-electron chi connectivity index (χ0n) is 30.7. The maximum absolute atomic E-state index is 6.68. The molecule has 0 spiro atoms. The first kappa shape index (κ1) is 31.1. The van der Waals surface area contributed by atoms with E-state index in [0.717, 1.165) is 33.1 Å². The minimum atomic E-state index is 0.899. The quantitative estimate of drug-likeness (QED) is 0.165. The van der Waals surface area contributed by atoms with E-state index in [-0.39, 0.29) is 0 Å². The van der Waals surface area contributed by atoms with Gasteiger partial charge in [-0.3, -0.25) is 0 Å². The molecule has 0 saturated carbocycles. The second-order valence-electron chi connectivity index (χ2n) is 15.2. The van der Waals surface area contributed by atoms with Crippen LogP contribution in [0.2, 0.25) is 0 Å². The molecule has 0 bridgehead atoms. The summed E-state index contributed by atoms with van der Waals surface area (Å²) in [6, 6.07) is 68.9. The average molecular weight is 742 g/mol. The molecular weight excluding hydrogens is 711 g/mol. The van der Waals surface area contributed by atoms with Gasteiger partial charge in [0.15, 0.2) is 0 Å². The number of thiophene rings is 1. The van der Waals surface area contributed by atoms with Gasteiger partial charge in [0.25, 0.3) is 0 Å². The third-order valence-electron chi connectivity index (χ3n) is 12.2. The number of hydrogen-bond donors (Lipinski definition) is 0. The summed E-state index contributed by atoms with van der Waals surface area (Å²) in [5.74, 6) is 0. The topological polar surface area (TPSA) is 18.1 Å². The zero-order valence-corrected chi connectivity index (χ0v) is 31.5. The average Bonchev–Trinajstić information content (AvgIpc) is 3.95. The molecule has 0 fully saturated rings. The van der Waals surface area contributed by atoms with Gasteiger partial charge < -0.3 is 8.98 Å². The highest BCUT2D eigenvalue weighted by Crippen LogP contribution is 2.46. The van der Waals surface area contributed by atoms with E-state index in [1.807, 2.05) is 11.3 Å². The highest BCUT2D eigenvalue weighted by Gasteiger charge is 2.21. The van der Waals surface area contributed by atoms with Crippen LogP contribution >= 0.6 is 11.3 Å². The Kier molecular flexibility index (Phi) is 6.35. The lowest BCUT2D eigenvalue weighted by molar-refractivity contribution is 0.669. The lowest BCUT2D eigenvalue weighted by Gasteiger charge is -2.14. The van der Waals surface area contributed by atoms with E-state index >= 15 is 0 Å². The van der Waals surface area contributed by atoms with Crippen LogP contribution in [-0.4, -0.2) is 4.57 Å². The Morgan fingerprint density at radius 2 is 1.00 bits per heavy atom. The Hall–Kier alpha value is -7.20. The van der Waals surface area contributed by atoms with Crippen LogP contribution in [0.4, 0.5) is 0 Å². The minimum Gasteiger partial charge on any atom is -0.456 e. The largest absolute Gasteiger partial charge is 0.456 e. The smallest absolute Gasteiger partial charge is 0.136 e. The van der Waals surface area contributed by atoms with Crippen LogP contribution in [-0.2, 0) is 0 Å². The van der Waals surface area contributed by atoms with Crippen molar-refractivity contribution in [2.45, 2.75) is 0 Å². The molecule has 0 unspecified atom stereocenters. The van der Waals surface area contributed by atoms with Gasteiger partial charge in [-0.25, -0.2) is 0 Å². The van der Waals surface area contributed by atoms with Gasteiger partial charge in [-0.2, -0.15) is 0 Å². The molecule has 0 N–H and O–H groups in total. The van der Waals surface area contributed by atoms with Gasteiger partial charge in [-0.05, 0) is 103 Å². The van der Waals surface area contributed by atoms with Gasteiger partial charge in [-0.1, -0.05) is 140 Å². The Labute approximate surface area is 331 Å². The van der Waals surface area contributed by atoms with Gasteiger partial charge >= 0.3 is 0 Å². The predicted octanol–water partition coefficient (Wildman–Crippen LogP) is 15.8. The number of rotatable bonds is 3. The summed E-state index contributed by atoms with van der Waals surface area (Å²) in [7, 11) is 0. The van der Waals surface area contributed by atoms with E-state index in [9.17, 15) is 0 Å². The molecule has 2 nitrogen and oxygen atoms in total. The fraction of sp³-hybridized carbons (Fsp3) is 0. The van der Waals surface area contributed by atoms with E-state index in [4.69, 9.17) is 4.42 Å². The van der Waals surface area contributed by atoms with Crippen molar-refractivity contribution in [2.24, 2.45) is 0 Å². The molecule has 3 aromatic heterocycles. The third kappa shape index (κ3) is 4.40. The first-order valence-corrected chi connectivity index (χ1v) is 20.3. The molecule has 0 amide bonds. The number of benzene rings is 10. The van der Waals surface area contributed by atoms with Crippen LogP contribution in [0, 0.1) is 0 Å². The number of fused-ring (bicyclic) bond motifs is 16. The van der Waals surface area contributed by atoms with Gasteiger partial charge in [0, 0.05) is 47.4 Å². The standard InChI is InChI=1S/C54H31NOS/c1-2-11-32(12-3-1)33-21-24-44-48(30-33)55(35-23-25-41-39-15-5-4-13-37(39)38-14-6-7-16-40(38)45(41)31-35)47-26-28-50-53(52(44)47)46-29-34(22-27-49(46)56-50)36-18-10-19-43-42-17-8-9-20-51(42)57-54(36)43/h1-31H. The molecule has 0 radical (unpaired) electrons. The summed E-state index contributed by atoms with van der Waals surface area (Å²) in [6.07, 6.45) is 0. The van der Waals surface area contributed by atoms with Crippen LogP contribution in [0.25, 0.3) is 124 Å². The van der Waals surface area contributed by atoms with Crippen molar-refractivity contribution in [3.8, 4) is 27.9 Å². The second kappa shape index (κ2) is 11.7. The lowest BCUT2D eigenvalue weighted by Crippen LogP contribution is -1.95. The van der Waals surface area contributed by atoms with E-state index in [2.05, 4.69) is 193 Å². The molecule has 10 aromatic carbocycles. The lowest BCUT2D eigenvalue weighted by atomic mass is 9.94. The Morgan fingerprint density at radius 3 is 1.81 bits per heavy atom. The van der Waals surface area contributed by atoms with Gasteiger partial charge in [-0.15, -0.1) is 11.3 Å². The van der Waals surface area contributed by atoms with Crippen LogP contribution < -0.4 is 0 Å². The molecule has 57 heavy (non-hydrogen) atoms. The first-order valence-electron chi connectivity index (χ1n) is 19.5. The van der Waals surface area contributed by atoms with Crippen LogP contribution in [0.3, 0.4) is 0 Å². The normalized spacial score (nSPS) is 12.2. The van der Waals surface area contributed by atoms with Gasteiger partial charge in [0.1, 0.15) is 11.2 Å². The summed E-state index contributed by atoms with van der Waals surface area (Å²) >= 11 is 1.87. The van der Waals surface area contributed by atoms with E-state index in [0.29, 0.717) is 0 Å². The molecule has 3 heteroatoms. The zero-order chi connectivity index (χ0) is 37.2. The molecule has 3 heterocycles. The maximum Gasteiger partial charge on any atom is 0.136 e. The highest BCUT2D eigenvalue weighted by molar-refractivity contribution is 7.26. The Balaban J connectivity index is 1.12. The summed E-state index contributed by atoms with van der Waals surface area (Å²) in [5.41, 5.74) is 10.1. The summed E-state index contributed by atoms with van der Waals surface area (Å²) in [6.45, 7) is 0. The summed E-state index contributed by atoms with van der Waals surface area (Å²) in [4.78, 5) is 0. The highest BCUT2D eigenvalue weighted by atomic mass is 32.1. The van der Waals surface area contributed by atoms with Gasteiger partial charge in [0.05, 0.1) is 11.0 Å². The predicted molar refractivity (Wildman–Crippen MR) is 244 cm³/mol. The molecule has 13 rings (SSSR count). The van der Waals surface area contributed by atoms with Crippen molar-refractivity contribution in [1.82, 2.24) is 4.57 Å². The maximum atomic E-state index is 6.68. The van der Waals surface area contributed by atoms with Crippen molar-refractivity contribution >= 4 is 108 Å². The first-order chi connectivity index (χ1) is 28.3. The molecule has 0 aliphatic rings. The van der Waals surface area contributed by atoms with E-state index in [1.165, 1.54) is 91.0 Å². The summed E-state index contributed by atoms with van der Waals surface area (Å²) < 4.78 is 11.8. The monoisotopic (exact) mass is 741 g/mol. The second-order valence-corrected chi connectivity index (χ2v) is 16.2. The number of nitrogens with zero attached hydrogens (tertiary/aromatic N) is 1. The number of furan rings is 1. The van der Waals surface area contributed by atoms with Crippen molar-refractivity contribution in [3.05, 3.63) is 188 Å². The third-order valence-corrected chi connectivity index (χ3v) is 13.4. The Morgan fingerprint density at radius 1 is 0.351 bits per heavy atom. The minimum absolute atomic E-state index is 0.899. The van der Waals surface area contributed by atoms with Gasteiger partial charge in [0.2, 0.25) is 0 Å². The van der Waals surface area contributed by atoms with Crippen molar-refractivity contribution < 1.29 is 4.42 Å². The van der Waals surface area contributed by atoms with E-state index in [1.54, 1.807) is 0 Å². The fourth-order valence-corrected chi connectivity index (χ4v) is 10.9. The van der Waals surface area contributed by atoms with Crippen LogP contribution in [0.5, 0.6) is 0 Å². The van der Waals surface area contributed by atoms with E-state index < -0.39 is 0 Å². The SMILES string of the molecule is c1ccc(-c2ccc3c4c5c(ccc4n(-c4ccc6c7ccccc7c7ccccc7c6c4)c3c2)oc2ccc(-c3cccc4c3sc3ccccc34)cc25)cc1. The van der Waals surface area contributed by atoms with Crippen molar-refractivity contribution in [3.63, 3.8) is 0 Å². The molecule has 13 aromatic rings. The molecule has 0 atom stereocenters. The van der Waals surface area contributed by atoms with Crippen molar-refractivity contribution in [1.29, 1.82) is 0 Å². The van der Waals surface area contributed by atoms with Crippen molar-refractivity contribution in [2.75, 3.05) is 0 Å². The molecule has 264 valence electrons.